The average Bonchev–Trinajstić information content (AvgIpc) is 2.38. The van der Waals surface area contributed by atoms with Crippen molar-refractivity contribution < 1.29 is 4.74 Å². The number of hydrogen-bond acceptors (Lipinski definition) is 5. The van der Waals surface area contributed by atoms with Gasteiger partial charge in [-0.2, -0.15) is 0 Å². The van der Waals surface area contributed by atoms with E-state index in [0.29, 0.717) is 11.8 Å². The molecule has 0 aromatic carbocycles. The van der Waals surface area contributed by atoms with E-state index in [0.717, 1.165) is 11.6 Å². The largest absolute Gasteiger partial charge is 0.469 e. The summed E-state index contributed by atoms with van der Waals surface area (Å²) in [4.78, 5) is 0. The van der Waals surface area contributed by atoms with E-state index in [9.17, 15) is 0 Å². The molecule has 0 saturated carbocycles. The molecule has 11 heavy (non-hydrogen) atoms. The van der Waals surface area contributed by atoms with Crippen LogP contribution in [0.2, 0.25) is 0 Å². The molecule has 1 rings (SSSR count). The van der Waals surface area contributed by atoms with Crippen molar-refractivity contribution in [1.29, 1.82) is 0 Å². The van der Waals surface area contributed by atoms with Crippen molar-refractivity contribution in [1.82, 2.24) is 15.5 Å². The second-order valence-electron chi connectivity index (χ2n) is 1.93. The summed E-state index contributed by atoms with van der Waals surface area (Å²) in [5.74, 6) is 0. The fourth-order valence-electron chi connectivity index (χ4n) is 0.643. The Morgan fingerprint density at radius 1 is 1.55 bits per heavy atom. The molecule has 0 amide bonds. The zero-order valence-electron chi connectivity index (χ0n) is 6.63. The van der Waals surface area contributed by atoms with Crippen LogP contribution in [-0.4, -0.2) is 23.9 Å². The van der Waals surface area contributed by atoms with E-state index in [2.05, 4.69) is 15.5 Å². The first-order valence-corrected chi connectivity index (χ1v) is 4.28. The van der Waals surface area contributed by atoms with E-state index in [1.165, 1.54) is 11.3 Å². The highest BCUT2D eigenvalue weighted by Crippen LogP contribution is 2.16. The van der Waals surface area contributed by atoms with Gasteiger partial charge in [-0.3, -0.25) is 0 Å². The predicted octanol–water partition coefficient (Wildman–Crippen LogP) is 0.656. The van der Waals surface area contributed by atoms with Crippen LogP contribution < -0.4 is 10.1 Å². The Hall–Kier alpha value is -0.680. The lowest BCUT2D eigenvalue weighted by Crippen LogP contribution is -2.04. The van der Waals surface area contributed by atoms with Gasteiger partial charge in [0, 0.05) is 6.54 Å². The van der Waals surface area contributed by atoms with Crippen LogP contribution in [0.15, 0.2) is 0 Å². The summed E-state index contributed by atoms with van der Waals surface area (Å²) in [5.41, 5.74) is 0. The van der Waals surface area contributed by atoms with Gasteiger partial charge >= 0.3 is 0 Å². The number of aromatic nitrogens is 2. The molecule has 0 spiro atoms. The van der Waals surface area contributed by atoms with Crippen molar-refractivity contribution >= 4 is 11.3 Å². The molecule has 1 N–H and O–H groups in total. The van der Waals surface area contributed by atoms with E-state index in [1.807, 2.05) is 14.0 Å². The summed E-state index contributed by atoms with van der Waals surface area (Å²) >= 11 is 1.48. The summed E-state index contributed by atoms with van der Waals surface area (Å²) in [5, 5.41) is 12.3. The molecule has 0 unspecified atom stereocenters. The number of hydrogen-bond donors (Lipinski definition) is 1. The normalized spacial score (nSPS) is 10.0. The summed E-state index contributed by atoms with van der Waals surface area (Å²) in [6, 6.07) is 0. The van der Waals surface area contributed by atoms with Gasteiger partial charge in [-0.1, -0.05) is 11.3 Å². The van der Waals surface area contributed by atoms with Crippen molar-refractivity contribution in [3.05, 3.63) is 5.01 Å². The van der Waals surface area contributed by atoms with Gasteiger partial charge in [0.15, 0.2) is 0 Å². The van der Waals surface area contributed by atoms with Gasteiger partial charge in [0.2, 0.25) is 0 Å². The van der Waals surface area contributed by atoms with Crippen molar-refractivity contribution in [3.63, 3.8) is 0 Å². The fourth-order valence-corrected chi connectivity index (χ4v) is 1.40. The molecule has 0 saturated heterocycles. The monoisotopic (exact) mass is 173 g/mol. The minimum absolute atomic E-state index is 0.647. The van der Waals surface area contributed by atoms with E-state index >= 15 is 0 Å². The smallest absolute Gasteiger partial charge is 0.294 e. The van der Waals surface area contributed by atoms with Gasteiger partial charge in [0.1, 0.15) is 5.01 Å². The molecular weight excluding hydrogens is 162 g/mol. The molecular formula is C6H11N3OS. The topological polar surface area (TPSA) is 47.0 Å². The molecule has 0 aliphatic carbocycles. The van der Waals surface area contributed by atoms with Crippen molar-refractivity contribution in [2.45, 2.75) is 13.5 Å². The van der Waals surface area contributed by atoms with Gasteiger partial charge in [0.25, 0.3) is 5.19 Å². The Kier molecular flexibility index (Phi) is 3.25. The SMILES string of the molecule is CCOc1nnc(CNC)s1. The Balaban J connectivity index is 2.51. The molecule has 0 radical (unpaired) electrons. The Bertz CT molecular complexity index is 193. The summed E-state index contributed by atoms with van der Waals surface area (Å²) < 4.78 is 5.15. The quantitative estimate of drug-likeness (QED) is 0.726. The van der Waals surface area contributed by atoms with E-state index < -0.39 is 0 Å². The molecule has 1 aromatic rings. The fraction of sp³-hybridized carbons (Fsp3) is 0.667. The molecule has 0 bridgehead atoms. The maximum Gasteiger partial charge on any atom is 0.294 e. The van der Waals surface area contributed by atoms with Crippen LogP contribution in [0.3, 0.4) is 0 Å². The van der Waals surface area contributed by atoms with Crippen LogP contribution in [0.4, 0.5) is 0 Å². The molecule has 1 aromatic heterocycles. The van der Waals surface area contributed by atoms with Crippen molar-refractivity contribution in [2.24, 2.45) is 0 Å². The molecule has 0 fully saturated rings. The zero-order chi connectivity index (χ0) is 8.10. The number of nitrogens with one attached hydrogen (secondary N) is 1. The van der Waals surface area contributed by atoms with Crippen LogP contribution >= 0.6 is 11.3 Å². The molecule has 5 heteroatoms. The summed E-state index contributed by atoms with van der Waals surface area (Å²) in [6.07, 6.45) is 0. The second-order valence-corrected chi connectivity index (χ2v) is 2.95. The van der Waals surface area contributed by atoms with Crippen LogP contribution in [0.1, 0.15) is 11.9 Å². The van der Waals surface area contributed by atoms with Gasteiger partial charge in [0.05, 0.1) is 6.61 Å². The van der Waals surface area contributed by atoms with E-state index in [4.69, 9.17) is 4.74 Å². The minimum Gasteiger partial charge on any atom is -0.469 e. The highest BCUT2D eigenvalue weighted by molar-refractivity contribution is 7.13. The van der Waals surface area contributed by atoms with Gasteiger partial charge in [-0.25, -0.2) is 0 Å². The van der Waals surface area contributed by atoms with Crippen LogP contribution in [0.25, 0.3) is 0 Å². The molecule has 4 nitrogen and oxygen atoms in total. The third-order valence-corrected chi connectivity index (χ3v) is 1.88. The molecule has 0 aliphatic heterocycles. The summed E-state index contributed by atoms with van der Waals surface area (Å²) in [6.45, 7) is 3.33. The lowest BCUT2D eigenvalue weighted by atomic mass is 10.7. The lowest BCUT2D eigenvalue weighted by molar-refractivity contribution is 0.335. The van der Waals surface area contributed by atoms with Crippen LogP contribution in [0.5, 0.6) is 5.19 Å². The third-order valence-electron chi connectivity index (χ3n) is 1.04. The first-order valence-electron chi connectivity index (χ1n) is 3.46. The first kappa shape index (κ1) is 8.42. The van der Waals surface area contributed by atoms with Crippen molar-refractivity contribution in [3.8, 4) is 5.19 Å². The average molecular weight is 173 g/mol. The highest BCUT2D eigenvalue weighted by atomic mass is 32.1. The molecule has 0 aliphatic rings. The van der Waals surface area contributed by atoms with E-state index in [-0.39, 0.29) is 0 Å². The second kappa shape index (κ2) is 4.25. The van der Waals surface area contributed by atoms with Crippen molar-refractivity contribution in [2.75, 3.05) is 13.7 Å². The van der Waals surface area contributed by atoms with E-state index in [1.54, 1.807) is 0 Å². The maximum absolute atomic E-state index is 5.15. The zero-order valence-corrected chi connectivity index (χ0v) is 7.44. The lowest BCUT2D eigenvalue weighted by Gasteiger charge is -1.91. The Morgan fingerprint density at radius 2 is 2.36 bits per heavy atom. The maximum atomic E-state index is 5.15. The number of ether oxygens (including phenoxy) is 1. The van der Waals surface area contributed by atoms with Crippen LogP contribution in [-0.2, 0) is 6.54 Å². The summed E-state index contributed by atoms with van der Waals surface area (Å²) in [7, 11) is 1.88. The third kappa shape index (κ3) is 2.44. The first-order chi connectivity index (χ1) is 5.36. The molecule has 62 valence electrons. The predicted molar refractivity (Wildman–Crippen MR) is 43.8 cm³/mol. The van der Waals surface area contributed by atoms with Gasteiger partial charge < -0.3 is 10.1 Å². The standard InChI is InChI=1S/C6H11N3OS/c1-3-10-6-9-8-5(11-6)4-7-2/h7H,3-4H2,1-2H3. The highest BCUT2D eigenvalue weighted by Gasteiger charge is 2.01. The van der Waals surface area contributed by atoms with Gasteiger partial charge in [-0.05, 0) is 14.0 Å². The molecule has 1 heterocycles. The molecule has 0 atom stereocenters. The van der Waals surface area contributed by atoms with Gasteiger partial charge in [-0.15, -0.1) is 10.2 Å². The minimum atomic E-state index is 0.647. The Morgan fingerprint density at radius 3 is 3.00 bits per heavy atom. The van der Waals surface area contributed by atoms with Crippen LogP contribution in [0, 0.1) is 0 Å². The Labute approximate surface area is 69.6 Å². The number of rotatable bonds is 4. The number of nitrogens with zero attached hydrogens (tertiary/aromatic N) is 2.